The molecule has 4 aromatic rings. The van der Waals surface area contributed by atoms with Gasteiger partial charge in [0.1, 0.15) is 11.6 Å². The molecule has 0 aliphatic rings. The van der Waals surface area contributed by atoms with Gasteiger partial charge in [0.15, 0.2) is 5.52 Å². The first-order valence-corrected chi connectivity index (χ1v) is 9.67. The number of ether oxygens (including phenoxy) is 2. The molecule has 2 heterocycles. The molecule has 0 unspecified atom stereocenters. The van der Waals surface area contributed by atoms with Crippen molar-refractivity contribution in [1.82, 2.24) is 15.0 Å². The van der Waals surface area contributed by atoms with E-state index in [2.05, 4.69) is 15.0 Å². The number of hydrogen-bond acceptors (Lipinski definition) is 6. The largest absolute Gasteiger partial charge is 0.476 e. The molecule has 0 spiro atoms. The molecular weight excluding hydrogens is 430 g/mol. The fourth-order valence-corrected chi connectivity index (χ4v) is 2.92. The standard InChI is InChI=1S/C22H17F4N3O3/c1-3-7-30-19-17-20(32-18(27-17)13-6-4-5-12(2)8-13)29-21(28-19)31-16-10-14(22(24,25)26)9-15(23)11-16/h4-6,8-11H,3,7H2,1-2H3. The quantitative estimate of drug-likeness (QED) is 0.322. The Morgan fingerprint density at radius 2 is 1.84 bits per heavy atom. The van der Waals surface area contributed by atoms with Crippen LogP contribution in [0, 0.1) is 12.7 Å². The zero-order valence-electron chi connectivity index (χ0n) is 17.0. The third-order valence-electron chi connectivity index (χ3n) is 4.32. The molecule has 10 heteroatoms. The average molecular weight is 447 g/mol. The van der Waals surface area contributed by atoms with Gasteiger partial charge in [-0.2, -0.15) is 23.1 Å². The summed E-state index contributed by atoms with van der Waals surface area (Å²) < 4.78 is 69.4. The number of nitrogens with zero attached hydrogens (tertiary/aromatic N) is 3. The monoisotopic (exact) mass is 447 g/mol. The predicted molar refractivity (Wildman–Crippen MR) is 107 cm³/mol. The molecule has 0 bridgehead atoms. The summed E-state index contributed by atoms with van der Waals surface area (Å²) >= 11 is 0. The van der Waals surface area contributed by atoms with E-state index in [1.807, 2.05) is 32.0 Å². The maximum atomic E-state index is 13.7. The lowest BCUT2D eigenvalue weighted by Crippen LogP contribution is -2.06. The molecule has 32 heavy (non-hydrogen) atoms. The number of halogens is 4. The Bertz CT molecular complexity index is 1270. The van der Waals surface area contributed by atoms with E-state index >= 15 is 0 Å². The van der Waals surface area contributed by atoms with Crippen LogP contribution >= 0.6 is 0 Å². The van der Waals surface area contributed by atoms with Crippen LogP contribution in [-0.4, -0.2) is 21.6 Å². The van der Waals surface area contributed by atoms with Gasteiger partial charge in [-0.15, -0.1) is 0 Å². The fraction of sp³-hybridized carbons (Fsp3) is 0.227. The Morgan fingerprint density at radius 3 is 2.56 bits per heavy atom. The number of hydrogen-bond donors (Lipinski definition) is 0. The van der Waals surface area contributed by atoms with Crippen LogP contribution in [-0.2, 0) is 6.18 Å². The number of aromatic nitrogens is 3. The van der Waals surface area contributed by atoms with Gasteiger partial charge in [-0.05, 0) is 37.6 Å². The molecular formula is C22H17F4N3O3. The van der Waals surface area contributed by atoms with Gasteiger partial charge in [-0.25, -0.2) is 9.37 Å². The molecule has 0 saturated heterocycles. The van der Waals surface area contributed by atoms with E-state index in [0.29, 0.717) is 30.7 Å². The molecule has 2 aromatic heterocycles. The summed E-state index contributed by atoms with van der Waals surface area (Å²) in [5.74, 6) is -1.22. The summed E-state index contributed by atoms with van der Waals surface area (Å²) in [5, 5.41) is 0. The number of alkyl halides is 3. The Kier molecular flexibility index (Phi) is 5.68. The van der Waals surface area contributed by atoms with Gasteiger partial charge in [0, 0.05) is 11.6 Å². The van der Waals surface area contributed by atoms with Crippen LogP contribution in [0.5, 0.6) is 17.6 Å². The highest BCUT2D eigenvalue weighted by molar-refractivity contribution is 5.78. The molecule has 0 atom stereocenters. The zero-order valence-corrected chi connectivity index (χ0v) is 17.0. The summed E-state index contributed by atoms with van der Waals surface area (Å²) in [6.07, 6.45) is -4.07. The Morgan fingerprint density at radius 1 is 1.03 bits per heavy atom. The van der Waals surface area contributed by atoms with Crippen molar-refractivity contribution < 1.29 is 31.5 Å². The lowest BCUT2D eigenvalue weighted by Gasteiger charge is -2.10. The number of aryl methyl sites for hydroxylation is 1. The minimum atomic E-state index is -4.74. The van der Waals surface area contributed by atoms with Crippen molar-refractivity contribution in [3.8, 4) is 29.1 Å². The Labute approximate surface area is 179 Å². The number of benzene rings is 2. The van der Waals surface area contributed by atoms with Gasteiger partial charge in [0.05, 0.1) is 12.2 Å². The fourth-order valence-electron chi connectivity index (χ4n) is 2.92. The zero-order chi connectivity index (χ0) is 22.9. The molecule has 6 nitrogen and oxygen atoms in total. The first kappa shape index (κ1) is 21.5. The van der Waals surface area contributed by atoms with E-state index in [4.69, 9.17) is 13.9 Å². The van der Waals surface area contributed by atoms with Gasteiger partial charge in [0.2, 0.25) is 5.89 Å². The smallest absolute Gasteiger partial charge is 0.416 e. The highest BCUT2D eigenvalue weighted by Gasteiger charge is 2.32. The van der Waals surface area contributed by atoms with Crippen LogP contribution in [0.2, 0.25) is 0 Å². The van der Waals surface area contributed by atoms with Crippen LogP contribution in [0.15, 0.2) is 46.9 Å². The number of fused-ring (bicyclic) bond motifs is 1. The topological polar surface area (TPSA) is 70.3 Å². The second-order valence-corrected chi connectivity index (χ2v) is 6.98. The van der Waals surface area contributed by atoms with Crippen molar-refractivity contribution in [2.75, 3.05) is 6.61 Å². The summed E-state index contributed by atoms with van der Waals surface area (Å²) in [6, 6.07) is 8.90. The van der Waals surface area contributed by atoms with Crippen molar-refractivity contribution in [2.24, 2.45) is 0 Å². The minimum absolute atomic E-state index is 0.0186. The summed E-state index contributed by atoms with van der Waals surface area (Å²) in [4.78, 5) is 12.6. The van der Waals surface area contributed by atoms with Crippen LogP contribution in [0.1, 0.15) is 24.5 Å². The van der Waals surface area contributed by atoms with Gasteiger partial charge in [0.25, 0.3) is 11.6 Å². The average Bonchev–Trinajstić information content (AvgIpc) is 3.15. The van der Waals surface area contributed by atoms with Gasteiger partial charge in [-0.1, -0.05) is 24.6 Å². The maximum absolute atomic E-state index is 13.7. The van der Waals surface area contributed by atoms with Gasteiger partial charge >= 0.3 is 12.2 Å². The Balaban J connectivity index is 1.76. The van der Waals surface area contributed by atoms with E-state index in [9.17, 15) is 17.6 Å². The van der Waals surface area contributed by atoms with Crippen LogP contribution in [0.25, 0.3) is 22.7 Å². The summed E-state index contributed by atoms with van der Waals surface area (Å²) in [6.45, 7) is 4.11. The van der Waals surface area contributed by atoms with Crippen LogP contribution in [0.4, 0.5) is 17.6 Å². The van der Waals surface area contributed by atoms with Crippen molar-refractivity contribution in [3.63, 3.8) is 0 Å². The number of oxazole rings is 1. The number of rotatable bonds is 6. The van der Waals surface area contributed by atoms with E-state index in [0.717, 1.165) is 11.6 Å². The molecule has 0 amide bonds. The first-order valence-electron chi connectivity index (χ1n) is 9.67. The predicted octanol–water partition coefficient (Wildman–Crippen LogP) is 6.33. The van der Waals surface area contributed by atoms with Gasteiger partial charge < -0.3 is 13.9 Å². The summed E-state index contributed by atoms with van der Waals surface area (Å²) in [5.41, 5.74) is 0.751. The van der Waals surface area contributed by atoms with Gasteiger partial charge in [-0.3, -0.25) is 0 Å². The molecule has 0 fully saturated rings. The second kappa shape index (κ2) is 8.45. The van der Waals surface area contributed by atoms with E-state index < -0.39 is 23.3 Å². The lowest BCUT2D eigenvalue weighted by molar-refractivity contribution is -0.137. The van der Waals surface area contributed by atoms with Crippen LogP contribution in [0.3, 0.4) is 0 Å². The van der Waals surface area contributed by atoms with E-state index in [1.165, 1.54) is 0 Å². The first-order chi connectivity index (χ1) is 15.2. The Hall–Kier alpha value is -3.69. The molecule has 166 valence electrons. The highest BCUT2D eigenvalue weighted by atomic mass is 19.4. The molecule has 4 rings (SSSR count). The molecule has 2 aromatic carbocycles. The van der Waals surface area contributed by atoms with Crippen molar-refractivity contribution in [1.29, 1.82) is 0 Å². The lowest BCUT2D eigenvalue weighted by atomic mass is 10.1. The third-order valence-corrected chi connectivity index (χ3v) is 4.32. The van der Waals surface area contributed by atoms with E-state index in [-0.39, 0.29) is 29.0 Å². The maximum Gasteiger partial charge on any atom is 0.416 e. The van der Waals surface area contributed by atoms with E-state index in [1.54, 1.807) is 6.07 Å². The highest BCUT2D eigenvalue weighted by Crippen LogP contribution is 2.35. The second-order valence-electron chi connectivity index (χ2n) is 6.98. The summed E-state index contributed by atoms with van der Waals surface area (Å²) in [7, 11) is 0. The molecule has 0 radical (unpaired) electrons. The van der Waals surface area contributed by atoms with Crippen LogP contribution < -0.4 is 9.47 Å². The molecule has 0 N–H and O–H groups in total. The SMILES string of the molecule is CCCOc1nc(Oc2cc(F)cc(C(F)(F)F)c2)nc2oc(-c3cccc(C)c3)nc12. The normalized spacial score (nSPS) is 11.7. The molecule has 0 saturated carbocycles. The van der Waals surface area contributed by atoms with Crippen molar-refractivity contribution >= 4 is 11.2 Å². The van der Waals surface area contributed by atoms with Crippen molar-refractivity contribution in [2.45, 2.75) is 26.4 Å². The third kappa shape index (κ3) is 4.63. The molecule has 0 aliphatic carbocycles. The van der Waals surface area contributed by atoms with Crippen molar-refractivity contribution in [3.05, 3.63) is 59.4 Å². The molecule has 0 aliphatic heterocycles. The minimum Gasteiger partial charge on any atom is -0.476 e.